The van der Waals surface area contributed by atoms with Crippen molar-refractivity contribution < 1.29 is 9.90 Å². The van der Waals surface area contributed by atoms with Crippen molar-refractivity contribution >= 4 is 16.9 Å². The van der Waals surface area contributed by atoms with Gasteiger partial charge in [-0.25, -0.2) is 4.79 Å². The van der Waals surface area contributed by atoms with Crippen LogP contribution in [-0.2, 0) is 7.05 Å². The van der Waals surface area contributed by atoms with Gasteiger partial charge in [0.05, 0.1) is 5.52 Å². The summed E-state index contributed by atoms with van der Waals surface area (Å²) in [5.74, 6) is -1.01. The Morgan fingerprint density at radius 3 is 2.58 bits per heavy atom. The van der Waals surface area contributed by atoms with E-state index in [1.54, 1.807) is 30.2 Å². The Labute approximate surface area is 109 Å². The molecule has 0 amide bonds. The Morgan fingerprint density at radius 2 is 1.89 bits per heavy atom. The second kappa shape index (κ2) is 4.20. The number of carbonyl (C=O) groups is 1. The maximum atomic E-state index is 11.1. The molecule has 1 N–H and O–H groups in total. The topological polar surface area (TPSA) is 68.0 Å². The number of fused-ring (bicyclic) bond motifs is 1. The van der Waals surface area contributed by atoms with Gasteiger partial charge >= 0.3 is 5.97 Å². The molecule has 0 aliphatic carbocycles. The summed E-state index contributed by atoms with van der Waals surface area (Å²) in [6, 6.07) is 9.45. The van der Waals surface area contributed by atoms with Gasteiger partial charge in [-0.15, -0.1) is 0 Å². The van der Waals surface area contributed by atoms with E-state index in [0.717, 1.165) is 16.6 Å². The monoisotopic (exact) mass is 253 g/mol. The summed E-state index contributed by atoms with van der Waals surface area (Å²) in [5, 5.41) is 13.8. The van der Waals surface area contributed by atoms with Gasteiger partial charge in [0.1, 0.15) is 0 Å². The molecule has 5 nitrogen and oxygen atoms in total. The Hall–Kier alpha value is -2.69. The number of aromatic nitrogens is 3. The second-order valence-corrected chi connectivity index (χ2v) is 4.25. The number of nitrogens with zero attached hydrogens (tertiary/aromatic N) is 3. The predicted octanol–water partition coefficient (Wildman–Crippen LogP) is 2.33. The van der Waals surface area contributed by atoms with Crippen LogP contribution in [0.4, 0.5) is 0 Å². The highest BCUT2D eigenvalue weighted by Gasteiger charge is 2.15. The Bertz CT molecular complexity index is 763. The molecule has 94 valence electrons. The summed E-state index contributed by atoms with van der Waals surface area (Å²) in [6.45, 7) is 0. The smallest absolute Gasteiger partial charge is 0.357 e. The number of hydrogen-bond donors (Lipinski definition) is 1. The van der Waals surface area contributed by atoms with E-state index in [0.29, 0.717) is 5.39 Å². The molecule has 0 saturated heterocycles. The third-order valence-corrected chi connectivity index (χ3v) is 3.07. The molecule has 5 heteroatoms. The van der Waals surface area contributed by atoms with Crippen LogP contribution in [0.3, 0.4) is 0 Å². The van der Waals surface area contributed by atoms with Crippen LogP contribution in [0.2, 0.25) is 0 Å². The average molecular weight is 253 g/mol. The molecule has 3 aromatic rings. The molecule has 0 bridgehead atoms. The van der Waals surface area contributed by atoms with Gasteiger partial charge in [-0.1, -0.05) is 6.07 Å². The Morgan fingerprint density at radius 1 is 1.16 bits per heavy atom. The summed E-state index contributed by atoms with van der Waals surface area (Å²) in [7, 11) is 1.74. The van der Waals surface area contributed by atoms with Gasteiger partial charge in [-0.05, 0) is 35.4 Å². The van der Waals surface area contributed by atoms with Crippen LogP contribution in [0.25, 0.3) is 22.0 Å². The second-order valence-electron chi connectivity index (χ2n) is 4.25. The molecule has 0 fully saturated rings. The zero-order chi connectivity index (χ0) is 13.4. The lowest BCUT2D eigenvalue weighted by atomic mass is 10.0. The lowest BCUT2D eigenvalue weighted by molar-refractivity contribution is 0.0691. The SMILES string of the molecule is Cn1nc(C(=O)O)c2ccc(-c3ccncc3)cc21. The molecular weight excluding hydrogens is 242 g/mol. The van der Waals surface area contributed by atoms with Gasteiger partial charge in [0.2, 0.25) is 0 Å². The minimum absolute atomic E-state index is 0.0822. The minimum atomic E-state index is -1.01. The van der Waals surface area contributed by atoms with Gasteiger partial charge < -0.3 is 5.11 Å². The Kier molecular flexibility index (Phi) is 2.52. The Balaban J connectivity index is 2.22. The maximum Gasteiger partial charge on any atom is 0.357 e. The van der Waals surface area contributed by atoms with E-state index >= 15 is 0 Å². The summed E-state index contributed by atoms with van der Waals surface area (Å²) in [4.78, 5) is 15.1. The normalized spacial score (nSPS) is 10.8. The maximum absolute atomic E-state index is 11.1. The first-order valence-electron chi connectivity index (χ1n) is 5.77. The van der Waals surface area contributed by atoms with Crippen molar-refractivity contribution in [2.75, 3.05) is 0 Å². The molecular formula is C14H11N3O2. The van der Waals surface area contributed by atoms with Crippen LogP contribution < -0.4 is 0 Å². The number of benzene rings is 1. The van der Waals surface area contributed by atoms with E-state index < -0.39 is 5.97 Å². The molecule has 0 aliphatic rings. The standard InChI is InChI=1S/C14H11N3O2/c1-17-12-8-10(9-4-6-15-7-5-9)2-3-11(12)13(16-17)14(18)19/h2-8H,1H3,(H,18,19). The average Bonchev–Trinajstić information content (AvgIpc) is 2.77. The zero-order valence-corrected chi connectivity index (χ0v) is 10.2. The van der Waals surface area contributed by atoms with Crippen LogP contribution in [0.1, 0.15) is 10.5 Å². The van der Waals surface area contributed by atoms with Crippen molar-refractivity contribution in [1.29, 1.82) is 0 Å². The lowest BCUT2D eigenvalue weighted by Gasteiger charge is -2.02. The molecule has 0 saturated carbocycles. The number of aryl methyl sites for hydroxylation is 1. The number of aromatic carboxylic acids is 1. The minimum Gasteiger partial charge on any atom is -0.476 e. The van der Waals surface area contributed by atoms with Crippen molar-refractivity contribution in [3.05, 3.63) is 48.4 Å². The van der Waals surface area contributed by atoms with Gasteiger partial charge in [-0.2, -0.15) is 5.10 Å². The third kappa shape index (κ3) is 1.85. The third-order valence-electron chi connectivity index (χ3n) is 3.07. The van der Waals surface area contributed by atoms with Gasteiger partial charge in [0.15, 0.2) is 5.69 Å². The molecule has 0 spiro atoms. The van der Waals surface area contributed by atoms with Gasteiger partial charge in [0.25, 0.3) is 0 Å². The zero-order valence-electron chi connectivity index (χ0n) is 10.2. The molecule has 0 unspecified atom stereocenters. The van der Waals surface area contributed by atoms with E-state index in [1.165, 1.54) is 0 Å². The lowest BCUT2D eigenvalue weighted by Crippen LogP contribution is -1.99. The van der Waals surface area contributed by atoms with E-state index in [4.69, 9.17) is 5.11 Å². The fourth-order valence-corrected chi connectivity index (χ4v) is 2.14. The highest BCUT2D eigenvalue weighted by molar-refractivity contribution is 6.02. The van der Waals surface area contributed by atoms with E-state index in [9.17, 15) is 4.79 Å². The molecule has 2 heterocycles. The highest BCUT2D eigenvalue weighted by Crippen LogP contribution is 2.25. The number of pyridine rings is 1. The van der Waals surface area contributed by atoms with Crippen molar-refractivity contribution in [2.24, 2.45) is 7.05 Å². The summed E-state index contributed by atoms with van der Waals surface area (Å²) >= 11 is 0. The predicted molar refractivity (Wildman–Crippen MR) is 70.9 cm³/mol. The summed E-state index contributed by atoms with van der Waals surface area (Å²) < 4.78 is 1.59. The van der Waals surface area contributed by atoms with Crippen LogP contribution >= 0.6 is 0 Å². The van der Waals surface area contributed by atoms with Crippen molar-refractivity contribution in [1.82, 2.24) is 14.8 Å². The molecule has 0 aliphatic heterocycles. The van der Waals surface area contributed by atoms with Crippen molar-refractivity contribution in [3.63, 3.8) is 0 Å². The van der Waals surface area contributed by atoms with Crippen molar-refractivity contribution in [2.45, 2.75) is 0 Å². The van der Waals surface area contributed by atoms with Crippen LogP contribution in [0.5, 0.6) is 0 Å². The highest BCUT2D eigenvalue weighted by atomic mass is 16.4. The first kappa shape index (κ1) is 11.4. The molecule has 1 aromatic carbocycles. The molecule has 19 heavy (non-hydrogen) atoms. The van der Waals surface area contributed by atoms with Crippen molar-refractivity contribution in [3.8, 4) is 11.1 Å². The number of hydrogen-bond acceptors (Lipinski definition) is 3. The van der Waals surface area contributed by atoms with E-state index in [-0.39, 0.29) is 5.69 Å². The number of carboxylic acids is 1. The summed E-state index contributed by atoms with van der Waals surface area (Å²) in [5.41, 5.74) is 2.93. The van der Waals surface area contributed by atoms with Gasteiger partial charge in [-0.3, -0.25) is 9.67 Å². The largest absolute Gasteiger partial charge is 0.476 e. The van der Waals surface area contributed by atoms with Gasteiger partial charge in [0, 0.05) is 24.8 Å². The van der Waals surface area contributed by atoms with E-state index in [1.807, 2.05) is 24.3 Å². The quantitative estimate of drug-likeness (QED) is 0.761. The van der Waals surface area contributed by atoms with E-state index in [2.05, 4.69) is 10.1 Å². The fraction of sp³-hybridized carbons (Fsp3) is 0.0714. The fourth-order valence-electron chi connectivity index (χ4n) is 2.14. The van der Waals surface area contributed by atoms with Crippen LogP contribution in [0.15, 0.2) is 42.7 Å². The number of carboxylic acid groups (broad SMARTS) is 1. The number of rotatable bonds is 2. The first-order chi connectivity index (χ1) is 9.16. The summed E-state index contributed by atoms with van der Waals surface area (Å²) in [6.07, 6.45) is 3.46. The van der Waals surface area contributed by atoms with Crippen LogP contribution in [-0.4, -0.2) is 25.8 Å². The van der Waals surface area contributed by atoms with Crippen LogP contribution in [0, 0.1) is 0 Å². The molecule has 2 aromatic heterocycles. The molecule has 3 rings (SSSR count). The molecule has 0 radical (unpaired) electrons. The first-order valence-corrected chi connectivity index (χ1v) is 5.77. The molecule has 0 atom stereocenters.